The lowest BCUT2D eigenvalue weighted by Crippen LogP contribution is -2.43. The molecule has 2 aromatic rings. The lowest BCUT2D eigenvalue weighted by Gasteiger charge is -2.25. The molecule has 0 radical (unpaired) electrons. The van der Waals surface area contributed by atoms with E-state index in [2.05, 4.69) is 39.6 Å². The number of aliphatic imine (C=N–C) groups is 1. The molecular weight excluding hydrogens is 475 g/mol. The van der Waals surface area contributed by atoms with Gasteiger partial charge in [-0.2, -0.15) is 0 Å². The van der Waals surface area contributed by atoms with Gasteiger partial charge in [-0.25, -0.2) is 4.99 Å². The summed E-state index contributed by atoms with van der Waals surface area (Å²) in [6, 6.07) is 8.46. The molecule has 0 aliphatic heterocycles. The Morgan fingerprint density at radius 3 is 2.52 bits per heavy atom. The summed E-state index contributed by atoms with van der Waals surface area (Å²) >= 11 is 5.99. The fourth-order valence-corrected chi connectivity index (χ4v) is 3.33. The van der Waals surface area contributed by atoms with E-state index in [4.69, 9.17) is 16.6 Å². The minimum atomic E-state index is 0. The van der Waals surface area contributed by atoms with Crippen LogP contribution >= 0.6 is 35.6 Å². The highest BCUT2D eigenvalue weighted by molar-refractivity contribution is 14.0. The van der Waals surface area contributed by atoms with E-state index in [1.165, 1.54) is 31.2 Å². The SMILES string of the molecule is Cc1nnc(CN=C(NC2CCCC2)N(C)Cc2ccc(Cl)cc2)n1C.I. The standard InChI is InChI=1S/C19H27ClN6.HI/c1-14-23-24-18(26(14)3)12-21-19(22-17-6-4-5-7-17)25(2)13-15-8-10-16(20)11-9-15;/h8-11,17H,4-7,12-13H2,1-3H3,(H,21,22);1H. The zero-order valence-electron chi connectivity index (χ0n) is 16.2. The third-order valence-corrected chi connectivity index (χ3v) is 5.19. The average Bonchev–Trinajstić information content (AvgIpc) is 3.25. The quantitative estimate of drug-likeness (QED) is 0.383. The summed E-state index contributed by atoms with van der Waals surface area (Å²) in [6.45, 7) is 3.23. The molecule has 3 rings (SSSR count). The van der Waals surface area contributed by atoms with Crippen LogP contribution in [0.5, 0.6) is 0 Å². The first-order chi connectivity index (χ1) is 12.5. The van der Waals surface area contributed by atoms with Gasteiger partial charge >= 0.3 is 0 Å². The number of nitrogens with one attached hydrogen (secondary N) is 1. The van der Waals surface area contributed by atoms with Crippen molar-refractivity contribution in [3.05, 3.63) is 46.5 Å². The monoisotopic (exact) mass is 502 g/mol. The van der Waals surface area contributed by atoms with Crippen molar-refractivity contribution in [2.24, 2.45) is 12.0 Å². The summed E-state index contributed by atoms with van der Waals surface area (Å²) < 4.78 is 1.98. The topological polar surface area (TPSA) is 58.3 Å². The number of halogens is 2. The van der Waals surface area contributed by atoms with E-state index in [0.29, 0.717) is 12.6 Å². The molecule has 1 aromatic carbocycles. The van der Waals surface area contributed by atoms with Crippen LogP contribution in [0.2, 0.25) is 5.02 Å². The minimum absolute atomic E-state index is 0. The Balaban J connectivity index is 0.00000261. The van der Waals surface area contributed by atoms with Crippen LogP contribution in [0.25, 0.3) is 0 Å². The molecule has 0 amide bonds. The van der Waals surface area contributed by atoms with Crippen LogP contribution in [-0.2, 0) is 20.1 Å². The van der Waals surface area contributed by atoms with Gasteiger partial charge in [-0.05, 0) is 37.5 Å². The molecule has 0 atom stereocenters. The van der Waals surface area contributed by atoms with Gasteiger partial charge < -0.3 is 14.8 Å². The van der Waals surface area contributed by atoms with Crippen LogP contribution in [0.3, 0.4) is 0 Å². The molecular formula is C19H28ClIN6. The van der Waals surface area contributed by atoms with E-state index in [-0.39, 0.29) is 24.0 Å². The molecule has 1 saturated carbocycles. The number of nitrogens with zero attached hydrogens (tertiary/aromatic N) is 5. The molecule has 0 saturated heterocycles. The maximum absolute atomic E-state index is 5.99. The van der Waals surface area contributed by atoms with Crippen molar-refractivity contribution in [2.75, 3.05) is 7.05 Å². The van der Waals surface area contributed by atoms with Crippen molar-refractivity contribution in [3.63, 3.8) is 0 Å². The number of benzene rings is 1. The van der Waals surface area contributed by atoms with E-state index in [1.54, 1.807) is 0 Å². The molecule has 27 heavy (non-hydrogen) atoms. The zero-order valence-corrected chi connectivity index (χ0v) is 19.2. The lowest BCUT2D eigenvalue weighted by atomic mass is 10.2. The van der Waals surface area contributed by atoms with Gasteiger partial charge in [0.25, 0.3) is 0 Å². The molecule has 0 unspecified atom stereocenters. The highest BCUT2D eigenvalue weighted by Gasteiger charge is 2.18. The molecule has 0 bridgehead atoms. The second kappa shape index (κ2) is 10.3. The zero-order chi connectivity index (χ0) is 18.5. The van der Waals surface area contributed by atoms with Gasteiger partial charge in [-0.3, -0.25) is 0 Å². The van der Waals surface area contributed by atoms with Gasteiger partial charge in [0.1, 0.15) is 12.4 Å². The Hall–Kier alpha value is -1.35. The number of guanidine groups is 1. The maximum atomic E-state index is 5.99. The Kier molecular flexibility index (Phi) is 8.34. The van der Waals surface area contributed by atoms with Crippen molar-refractivity contribution in [1.29, 1.82) is 0 Å². The second-order valence-corrected chi connectivity index (χ2v) is 7.41. The predicted octanol–water partition coefficient (Wildman–Crippen LogP) is 3.92. The predicted molar refractivity (Wildman–Crippen MR) is 121 cm³/mol. The van der Waals surface area contributed by atoms with Crippen LogP contribution in [0.1, 0.15) is 42.9 Å². The fourth-order valence-electron chi connectivity index (χ4n) is 3.20. The van der Waals surface area contributed by atoms with E-state index in [0.717, 1.165) is 29.2 Å². The minimum Gasteiger partial charge on any atom is -0.353 e. The number of hydrogen-bond acceptors (Lipinski definition) is 3. The Morgan fingerprint density at radius 2 is 1.93 bits per heavy atom. The molecule has 8 heteroatoms. The summed E-state index contributed by atoms with van der Waals surface area (Å²) in [6.07, 6.45) is 4.98. The van der Waals surface area contributed by atoms with Crippen molar-refractivity contribution in [1.82, 2.24) is 25.0 Å². The number of aryl methyl sites for hydroxylation is 1. The molecule has 1 fully saturated rings. The first kappa shape index (κ1) is 21.9. The van der Waals surface area contributed by atoms with Gasteiger partial charge in [-0.15, -0.1) is 34.2 Å². The summed E-state index contributed by atoms with van der Waals surface area (Å²) in [4.78, 5) is 6.98. The van der Waals surface area contributed by atoms with Gasteiger partial charge in [0, 0.05) is 31.7 Å². The number of rotatable bonds is 5. The van der Waals surface area contributed by atoms with Crippen LogP contribution < -0.4 is 5.32 Å². The third-order valence-electron chi connectivity index (χ3n) is 4.94. The van der Waals surface area contributed by atoms with Gasteiger partial charge in [0.05, 0.1) is 0 Å². The molecule has 1 aliphatic carbocycles. The Bertz CT molecular complexity index is 752. The van der Waals surface area contributed by atoms with E-state index >= 15 is 0 Å². The van der Waals surface area contributed by atoms with Gasteiger partial charge in [-0.1, -0.05) is 36.6 Å². The summed E-state index contributed by atoms with van der Waals surface area (Å²) in [5.41, 5.74) is 1.20. The summed E-state index contributed by atoms with van der Waals surface area (Å²) in [5.74, 6) is 2.68. The average molecular weight is 503 g/mol. The van der Waals surface area contributed by atoms with Gasteiger partial charge in [0.2, 0.25) is 0 Å². The van der Waals surface area contributed by atoms with Crippen molar-refractivity contribution in [2.45, 2.75) is 51.7 Å². The Labute approximate surface area is 183 Å². The van der Waals surface area contributed by atoms with Crippen molar-refractivity contribution < 1.29 is 0 Å². The third kappa shape index (κ3) is 6.07. The van der Waals surface area contributed by atoms with Crippen molar-refractivity contribution in [3.8, 4) is 0 Å². The van der Waals surface area contributed by atoms with Crippen LogP contribution in [-0.4, -0.2) is 38.7 Å². The van der Waals surface area contributed by atoms with Crippen LogP contribution in [0.15, 0.2) is 29.3 Å². The van der Waals surface area contributed by atoms with Gasteiger partial charge in [0.15, 0.2) is 11.8 Å². The lowest BCUT2D eigenvalue weighted by molar-refractivity contribution is 0.456. The fraction of sp³-hybridized carbons (Fsp3) is 0.526. The molecule has 1 heterocycles. The van der Waals surface area contributed by atoms with Crippen LogP contribution in [0, 0.1) is 6.92 Å². The van der Waals surface area contributed by atoms with Crippen molar-refractivity contribution >= 4 is 41.5 Å². The largest absolute Gasteiger partial charge is 0.353 e. The Morgan fingerprint density at radius 1 is 1.26 bits per heavy atom. The maximum Gasteiger partial charge on any atom is 0.194 e. The molecule has 1 N–H and O–H groups in total. The highest BCUT2D eigenvalue weighted by Crippen LogP contribution is 2.18. The first-order valence-electron chi connectivity index (χ1n) is 9.14. The van der Waals surface area contributed by atoms with E-state index in [9.17, 15) is 0 Å². The highest BCUT2D eigenvalue weighted by atomic mass is 127. The molecule has 148 valence electrons. The summed E-state index contributed by atoms with van der Waals surface area (Å²) in [5, 5.41) is 12.7. The number of aromatic nitrogens is 3. The molecule has 0 spiro atoms. The molecule has 1 aromatic heterocycles. The molecule has 6 nitrogen and oxygen atoms in total. The summed E-state index contributed by atoms with van der Waals surface area (Å²) in [7, 11) is 4.04. The van der Waals surface area contributed by atoms with E-state index < -0.39 is 0 Å². The first-order valence-corrected chi connectivity index (χ1v) is 9.52. The van der Waals surface area contributed by atoms with Crippen LogP contribution in [0.4, 0.5) is 0 Å². The molecule has 1 aliphatic rings. The second-order valence-electron chi connectivity index (χ2n) is 6.97. The van der Waals surface area contributed by atoms with E-state index in [1.807, 2.05) is 30.7 Å². The normalized spacial score (nSPS) is 14.9. The number of hydrogen-bond donors (Lipinski definition) is 1. The smallest absolute Gasteiger partial charge is 0.194 e.